The number of ether oxygens (including phenoxy) is 1. The SMILES string of the molecule is CCCCCCCCCCCCCCCCCC(=O)OC(CCCCCCCCCCCCCCCCC)CCCCCC(=O)O. The Bertz CT molecular complexity index is 619. The topological polar surface area (TPSA) is 63.6 Å². The quantitative estimate of drug-likeness (QED) is 0.0531. The second kappa shape index (κ2) is 38.4. The molecule has 0 aliphatic heterocycles. The average molecular weight is 651 g/mol. The minimum atomic E-state index is -0.718. The summed E-state index contributed by atoms with van der Waals surface area (Å²) in [6.45, 7) is 4.57. The standard InChI is InChI=1S/C42H82O4/c1-3-5-7-9-11-13-15-17-19-21-23-25-27-29-32-36-40(37-33-31-34-38-41(43)44)46-42(45)39-35-30-28-26-24-22-20-18-16-14-12-10-8-6-4-2/h40H,3-39H2,1-2H3,(H,43,44). The summed E-state index contributed by atoms with van der Waals surface area (Å²) >= 11 is 0. The van der Waals surface area contributed by atoms with Crippen LogP contribution in [-0.2, 0) is 14.3 Å². The van der Waals surface area contributed by atoms with Crippen LogP contribution >= 0.6 is 0 Å². The zero-order valence-electron chi connectivity index (χ0n) is 31.4. The molecule has 0 aromatic carbocycles. The van der Waals surface area contributed by atoms with Crippen LogP contribution in [0.15, 0.2) is 0 Å². The van der Waals surface area contributed by atoms with Crippen molar-refractivity contribution < 1.29 is 19.4 Å². The van der Waals surface area contributed by atoms with Crippen molar-refractivity contribution in [3.05, 3.63) is 0 Å². The van der Waals surface area contributed by atoms with Gasteiger partial charge in [-0.15, -0.1) is 0 Å². The van der Waals surface area contributed by atoms with Crippen molar-refractivity contribution >= 4 is 11.9 Å². The number of unbranched alkanes of at least 4 members (excludes halogenated alkanes) is 30. The molecule has 0 aliphatic rings. The minimum absolute atomic E-state index is 0.00985. The molecule has 0 bridgehead atoms. The van der Waals surface area contributed by atoms with Crippen LogP contribution in [0.3, 0.4) is 0 Å². The third-order valence-corrected chi connectivity index (χ3v) is 9.83. The largest absolute Gasteiger partial charge is 0.481 e. The van der Waals surface area contributed by atoms with Gasteiger partial charge in [0.05, 0.1) is 0 Å². The van der Waals surface area contributed by atoms with Gasteiger partial charge in [0.25, 0.3) is 0 Å². The van der Waals surface area contributed by atoms with E-state index in [1.807, 2.05) is 0 Å². The summed E-state index contributed by atoms with van der Waals surface area (Å²) in [5.41, 5.74) is 0. The van der Waals surface area contributed by atoms with Gasteiger partial charge in [0, 0.05) is 12.8 Å². The highest BCUT2D eigenvalue weighted by molar-refractivity contribution is 5.69. The Kier molecular flexibility index (Phi) is 37.5. The molecule has 0 aromatic rings. The molecule has 1 N–H and O–H groups in total. The Balaban J connectivity index is 3.87. The summed E-state index contributed by atoms with van der Waals surface area (Å²) in [5, 5.41) is 8.90. The van der Waals surface area contributed by atoms with Crippen molar-refractivity contribution in [1.82, 2.24) is 0 Å². The van der Waals surface area contributed by atoms with Crippen LogP contribution in [0, 0.1) is 0 Å². The lowest BCUT2D eigenvalue weighted by molar-refractivity contribution is -0.150. The average Bonchev–Trinajstić information content (AvgIpc) is 3.04. The van der Waals surface area contributed by atoms with E-state index in [1.54, 1.807) is 0 Å². The summed E-state index contributed by atoms with van der Waals surface area (Å²) in [6, 6.07) is 0. The molecule has 0 radical (unpaired) electrons. The van der Waals surface area contributed by atoms with Gasteiger partial charge in [0.1, 0.15) is 6.10 Å². The van der Waals surface area contributed by atoms with Gasteiger partial charge in [-0.2, -0.15) is 0 Å². The first kappa shape index (κ1) is 44.9. The van der Waals surface area contributed by atoms with E-state index in [4.69, 9.17) is 9.84 Å². The lowest BCUT2D eigenvalue weighted by Crippen LogP contribution is -2.18. The number of aliphatic carboxylic acids is 1. The Hall–Kier alpha value is -1.06. The molecule has 0 aromatic heterocycles. The number of hydrogen-bond acceptors (Lipinski definition) is 3. The molecule has 0 heterocycles. The first-order valence-corrected chi connectivity index (χ1v) is 21.0. The number of rotatable bonds is 39. The van der Waals surface area contributed by atoms with Gasteiger partial charge in [-0.05, 0) is 38.5 Å². The van der Waals surface area contributed by atoms with Crippen LogP contribution in [-0.4, -0.2) is 23.1 Å². The number of carboxylic acids is 1. The molecule has 274 valence electrons. The molecule has 0 saturated carbocycles. The van der Waals surface area contributed by atoms with E-state index in [2.05, 4.69) is 13.8 Å². The first-order chi connectivity index (χ1) is 22.6. The summed E-state index contributed by atoms with van der Waals surface area (Å²) in [7, 11) is 0. The highest BCUT2D eigenvalue weighted by Crippen LogP contribution is 2.19. The number of carbonyl (C=O) groups is 2. The van der Waals surface area contributed by atoms with Crippen LogP contribution in [0.1, 0.15) is 251 Å². The van der Waals surface area contributed by atoms with Crippen LogP contribution < -0.4 is 0 Å². The van der Waals surface area contributed by atoms with E-state index in [0.717, 1.165) is 44.9 Å². The van der Waals surface area contributed by atoms with E-state index in [9.17, 15) is 9.59 Å². The Morgan fingerprint density at radius 2 is 0.652 bits per heavy atom. The minimum Gasteiger partial charge on any atom is -0.481 e. The highest BCUT2D eigenvalue weighted by Gasteiger charge is 2.14. The first-order valence-electron chi connectivity index (χ1n) is 21.0. The smallest absolute Gasteiger partial charge is 0.306 e. The van der Waals surface area contributed by atoms with Crippen LogP contribution in [0.5, 0.6) is 0 Å². The summed E-state index contributed by atoms with van der Waals surface area (Å²) in [6.07, 6.45) is 45.5. The second-order valence-electron chi connectivity index (χ2n) is 14.5. The predicted octanol–water partition coefficient (Wildman–Crippen LogP) is 14.5. The molecule has 1 atom stereocenters. The van der Waals surface area contributed by atoms with Gasteiger partial charge < -0.3 is 9.84 Å². The van der Waals surface area contributed by atoms with Crippen molar-refractivity contribution in [3.8, 4) is 0 Å². The Labute approximate surface area is 288 Å². The number of carbonyl (C=O) groups excluding carboxylic acids is 1. The fraction of sp³-hybridized carbons (Fsp3) is 0.952. The molecule has 4 heteroatoms. The third-order valence-electron chi connectivity index (χ3n) is 9.83. The molecule has 0 fully saturated rings. The zero-order valence-corrected chi connectivity index (χ0v) is 31.4. The van der Waals surface area contributed by atoms with Crippen molar-refractivity contribution in [2.45, 2.75) is 258 Å². The van der Waals surface area contributed by atoms with E-state index < -0.39 is 5.97 Å². The molecule has 0 rings (SSSR count). The molecule has 0 aliphatic carbocycles. The van der Waals surface area contributed by atoms with Crippen LogP contribution in [0.25, 0.3) is 0 Å². The van der Waals surface area contributed by atoms with Crippen LogP contribution in [0.2, 0.25) is 0 Å². The van der Waals surface area contributed by atoms with E-state index in [1.165, 1.54) is 173 Å². The van der Waals surface area contributed by atoms with Gasteiger partial charge in [0.15, 0.2) is 0 Å². The summed E-state index contributed by atoms with van der Waals surface area (Å²) in [5.74, 6) is -0.740. The van der Waals surface area contributed by atoms with E-state index >= 15 is 0 Å². The second-order valence-corrected chi connectivity index (χ2v) is 14.5. The molecule has 0 amide bonds. The van der Waals surface area contributed by atoms with E-state index in [-0.39, 0.29) is 18.5 Å². The number of carboxylic acid groups (broad SMARTS) is 1. The maximum absolute atomic E-state index is 12.6. The Morgan fingerprint density at radius 3 is 0.978 bits per heavy atom. The molecular formula is C42H82O4. The molecule has 0 spiro atoms. The van der Waals surface area contributed by atoms with Crippen molar-refractivity contribution in [1.29, 1.82) is 0 Å². The third kappa shape index (κ3) is 37.4. The fourth-order valence-corrected chi connectivity index (χ4v) is 6.72. The molecule has 4 nitrogen and oxygen atoms in total. The molecule has 46 heavy (non-hydrogen) atoms. The van der Waals surface area contributed by atoms with Gasteiger partial charge >= 0.3 is 11.9 Å². The van der Waals surface area contributed by atoms with Crippen LogP contribution in [0.4, 0.5) is 0 Å². The lowest BCUT2D eigenvalue weighted by Gasteiger charge is -2.18. The highest BCUT2D eigenvalue weighted by atomic mass is 16.5. The zero-order chi connectivity index (χ0) is 33.6. The Morgan fingerprint density at radius 1 is 0.391 bits per heavy atom. The van der Waals surface area contributed by atoms with Gasteiger partial charge in [-0.3, -0.25) is 9.59 Å². The van der Waals surface area contributed by atoms with Crippen molar-refractivity contribution in [2.75, 3.05) is 0 Å². The lowest BCUT2D eigenvalue weighted by atomic mass is 10.0. The molecular weight excluding hydrogens is 568 g/mol. The molecule has 1 unspecified atom stereocenters. The van der Waals surface area contributed by atoms with Crippen molar-refractivity contribution in [3.63, 3.8) is 0 Å². The molecule has 0 saturated heterocycles. The summed E-state index contributed by atoms with van der Waals surface area (Å²) in [4.78, 5) is 23.4. The number of hydrogen-bond donors (Lipinski definition) is 1. The van der Waals surface area contributed by atoms with Gasteiger partial charge in [-0.25, -0.2) is 0 Å². The van der Waals surface area contributed by atoms with E-state index in [0.29, 0.717) is 12.8 Å². The van der Waals surface area contributed by atoms with Gasteiger partial charge in [0.2, 0.25) is 0 Å². The fourth-order valence-electron chi connectivity index (χ4n) is 6.72. The monoisotopic (exact) mass is 651 g/mol. The summed E-state index contributed by atoms with van der Waals surface area (Å²) < 4.78 is 5.96. The maximum atomic E-state index is 12.6. The maximum Gasteiger partial charge on any atom is 0.306 e. The van der Waals surface area contributed by atoms with Crippen molar-refractivity contribution in [2.24, 2.45) is 0 Å². The predicted molar refractivity (Wildman–Crippen MR) is 200 cm³/mol. The normalized spacial score (nSPS) is 12.0. The number of esters is 1. The van der Waals surface area contributed by atoms with Gasteiger partial charge in [-0.1, -0.05) is 200 Å².